The lowest BCUT2D eigenvalue weighted by molar-refractivity contribution is -0.124. The summed E-state index contributed by atoms with van der Waals surface area (Å²) in [6, 6.07) is 4.72. The number of rotatable bonds is 7. The summed E-state index contributed by atoms with van der Waals surface area (Å²) in [5.74, 6) is -0.284. The zero-order valence-electron chi connectivity index (χ0n) is 12.5. The minimum atomic E-state index is -0.836. The third-order valence-electron chi connectivity index (χ3n) is 3.29. The maximum absolute atomic E-state index is 13.5. The van der Waals surface area contributed by atoms with Crippen molar-refractivity contribution in [3.05, 3.63) is 29.6 Å². The molecule has 3 N–H and O–H groups in total. The number of nitrogens with two attached hydrogens (primary N) is 1. The van der Waals surface area contributed by atoms with E-state index in [2.05, 4.69) is 5.32 Å². The molecule has 2 unspecified atom stereocenters. The minimum absolute atomic E-state index is 0.270. The van der Waals surface area contributed by atoms with E-state index in [1.807, 2.05) is 13.8 Å². The molecular weight excluding hydrogens is 259 g/mol. The number of likely N-dealkylation sites (N-methyl/N-ethyl adjacent to an activating group) is 1. The molecule has 4 nitrogen and oxygen atoms in total. The van der Waals surface area contributed by atoms with E-state index in [0.29, 0.717) is 24.3 Å². The van der Waals surface area contributed by atoms with Gasteiger partial charge in [0.1, 0.15) is 11.6 Å². The molecule has 0 radical (unpaired) electrons. The van der Waals surface area contributed by atoms with Crippen LogP contribution in [0, 0.1) is 12.7 Å². The molecule has 0 saturated carbocycles. The predicted molar refractivity (Wildman–Crippen MR) is 77.1 cm³/mol. The van der Waals surface area contributed by atoms with Gasteiger partial charge in [-0.05, 0) is 38.9 Å². The van der Waals surface area contributed by atoms with Crippen molar-refractivity contribution in [3.8, 4) is 5.75 Å². The number of benzene rings is 1. The molecule has 0 saturated heterocycles. The fourth-order valence-electron chi connectivity index (χ4n) is 2.15. The quantitative estimate of drug-likeness (QED) is 0.805. The van der Waals surface area contributed by atoms with Crippen LogP contribution in [-0.2, 0) is 4.79 Å². The Kier molecular flexibility index (Phi) is 5.51. The van der Waals surface area contributed by atoms with Gasteiger partial charge < -0.3 is 15.8 Å². The molecule has 1 aromatic carbocycles. The highest BCUT2D eigenvalue weighted by molar-refractivity contribution is 5.84. The van der Waals surface area contributed by atoms with Gasteiger partial charge in [0.15, 0.2) is 0 Å². The zero-order chi connectivity index (χ0) is 15.3. The van der Waals surface area contributed by atoms with Gasteiger partial charge in [0, 0.05) is 12.5 Å². The van der Waals surface area contributed by atoms with E-state index in [1.54, 1.807) is 26.0 Å². The third-order valence-corrected chi connectivity index (χ3v) is 3.29. The van der Waals surface area contributed by atoms with E-state index in [9.17, 15) is 9.18 Å². The Hall–Kier alpha value is -1.62. The molecule has 0 bridgehead atoms. The normalized spacial score (nSPS) is 15.4. The molecule has 0 fully saturated rings. The van der Waals surface area contributed by atoms with Gasteiger partial charge in [-0.3, -0.25) is 4.79 Å². The fourth-order valence-corrected chi connectivity index (χ4v) is 2.15. The first-order valence-electron chi connectivity index (χ1n) is 6.76. The maximum atomic E-state index is 13.5. The third kappa shape index (κ3) is 4.20. The Labute approximate surface area is 119 Å². The van der Waals surface area contributed by atoms with Gasteiger partial charge in [-0.1, -0.05) is 13.0 Å². The van der Waals surface area contributed by atoms with Crippen molar-refractivity contribution in [3.63, 3.8) is 0 Å². The van der Waals surface area contributed by atoms with Crippen molar-refractivity contribution in [1.82, 2.24) is 5.32 Å². The van der Waals surface area contributed by atoms with Crippen LogP contribution in [0.15, 0.2) is 18.2 Å². The summed E-state index contributed by atoms with van der Waals surface area (Å²) in [6.07, 6.45) is 0.139. The molecule has 20 heavy (non-hydrogen) atoms. The number of aryl methyl sites for hydroxylation is 1. The second-order valence-electron chi connectivity index (χ2n) is 5.27. The summed E-state index contributed by atoms with van der Waals surface area (Å²) < 4.78 is 19.1. The number of nitrogens with one attached hydrogen (secondary N) is 1. The highest BCUT2D eigenvalue weighted by Gasteiger charge is 2.32. The molecule has 5 heteroatoms. The van der Waals surface area contributed by atoms with Crippen LogP contribution in [0.5, 0.6) is 5.75 Å². The fraction of sp³-hybridized carbons (Fsp3) is 0.533. The smallest absolute Gasteiger partial charge is 0.237 e. The molecular formula is C15H23FN2O2. The van der Waals surface area contributed by atoms with E-state index in [1.165, 1.54) is 6.07 Å². The summed E-state index contributed by atoms with van der Waals surface area (Å²) in [4.78, 5) is 11.5. The van der Waals surface area contributed by atoms with Crippen molar-refractivity contribution < 1.29 is 13.9 Å². The van der Waals surface area contributed by atoms with E-state index < -0.39 is 11.4 Å². The van der Waals surface area contributed by atoms with Crippen LogP contribution in [0.1, 0.15) is 32.8 Å². The summed E-state index contributed by atoms with van der Waals surface area (Å²) in [5.41, 5.74) is 5.16. The average molecular weight is 282 g/mol. The first-order chi connectivity index (χ1) is 9.28. The van der Waals surface area contributed by atoms with Gasteiger partial charge in [-0.15, -0.1) is 0 Å². The molecule has 2 atom stereocenters. The molecule has 0 aliphatic rings. The Balaban J connectivity index is 2.72. The van der Waals surface area contributed by atoms with Gasteiger partial charge in [0.25, 0.3) is 0 Å². The van der Waals surface area contributed by atoms with Gasteiger partial charge in [-0.2, -0.15) is 0 Å². The standard InChI is InChI=1S/C15H23FN2O2/c1-5-18-15(4,14(17)19)9-11(3)20-12-7-6-10(2)13(16)8-12/h6-8,11,18H,5,9H2,1-4H3,(H2,17,19). The Morgan fingerprint density at radius 2 is 2.20 bits per heavy atom. The van der Waals surface area contributed by atoms with Crippen molar-refractivity contribution >= 4 is 5.91 Å². The van der Waals surface area contributed by atoms with Crippen LogP contribution in [0.4, 0.5) is 4.39 Å². The largest absolute Gasteiger partial charge is 0.491 e. The van der Waals surface area contributed by atoms with Gasteiger partial charge >= 0.3 is 0 Å². The second kappa shape index (κ2) is 6.70. The van der Waals surface area contributed by atoms with Crippen LogP contribution in [-0.4, -0.2) is 24.1 Å². The molecule has 0 aliphatic heterocycles. The van der Waals surface area contributed by atoms with Gasteiger partial charge in [-0.25, -0.2) is 4.39 Å². The lowest BCUT2D eigenvalue weighted by Gasteiger charge is -2.30. The topological polar surface area (TPSA) is 64.3 Å². The van der Waals surface area contributed by atoms with Gasteiger partial charge in [0.05, 0.1) is 11.6 Å². The summed E-state index contributed by atoms with van der Waals surface area (Å²) in [5, 5.41) is 3.07. The zero-order valence-corrected chi connectivity index (χ0v) is 12.5. The predicted octanol–water partition coefficient (Wildman–Crippen LogP) is 2.15. The lowest BCUT2D eigenvalue weighted by atomic mass is 9.94. The number of ether oxygens (including phenoxy) is 1. The van der Waals surface area contributed by atoms with Crippen LogP contribution >= 0.6 is 0 Å². The van der Waals surface area contributed by atoms with E-state index >= 15 is 0 Å². The van der Waals surface area contributed by atoms with Crippen molar-refractivity contribution in [2.45, 2.75) is 45.8 Å². The molecule has 1 rings (SSSR count). The number of carbonyl (C=O) groups is 1. The van der Waals surface area contributed by atoms with Crippen molar-refractivity contribution in [1.29, 1.82) is 0 Å². The SMILES string of the molecule is CCNC(C)(CC(C)Oc1ccc(C)c(F)c1)C(N)=O. The first-order valence-corrected chi connectivity index (χ1v) is 6.76. The minimum Gasteiger partial charge on any atom is -0.491 e. The molecule has 112 valence electrons. The summed E-state index contributed by atoms with van der Waals surface area (Å²) >= 11 is 0. The van der Waals surface area contributed by atoms with E-state index in [-0.39, 0.29) is 11.9 Å². The Bertz CT molecular complexity index is 479. The monoisotopic (exact) mass is 282 g/mol. The average Bonchev–Trinajstić information content (AvgIpc) is 2.33. The highest BCUT2D eigenvalue weighted by atomic mass is 19.1. The molecule has 1 aromatic rings. The van der Waals surface area contributed by atoms with Crippen LogP contribution in [0.25, 0.3) is 0 Å². The maximum Gasteiger partial charge on any atom is 0.237 e. The van der Waals surface area contributed by atoms with Crippen LogP contribution < -0.4 is 15.8 Å². The molecule has 0 spiro atoms. The number of carbonyl (C=O) groups excluding carboxylic acids is 1. The lowest BCUT2D eigenvalue weighted by Crippen LogP contribution is -2.55. The van der Waals surface area contributed by atoms with Gasteiger partial charge in [0.2, 0.25) is 5.91 Å². The summed E-state index contributed by atoms with van der Waals surface area (Å²) in [6.45, 7) is 7.80. The highest BCUT2D eigenvalue weighted by Crippen LogP contribution is 2.20. The van der Waals surface area contributed by atoms with Crippen LogP contribution in [0.2, 0.25) is 0 Å². The van der Waals surface area contributed by atoms with Crippen LogP contribution in [0.3, 0.4) is 0 Å². The molecule has 0 aliphatic carbocycles. The van der Waals surface area contributed by atoms with Crippen molar-refractivity contribution in [2.75, 3.05) is 6.54 Å². The second-order valence-corrected chi connectivity index (χ2v) is 5.27. The summed E-state index contributed by atoms with van der Waals surface area (Å²) in [7, 11) is 0. The Morgan fingerprint density at radius 3 is 2.70 bits per heavy atom. The number of primary amides is 1. The number of hydrogen-bond donors (Lipinski definition) is 2. The van der Waals surface area contributed by atoms with E-state index in [0.717, 1.165) is 0 Å². The molecule has 1 amide bonds. The Morgan fingerprint density at radius 1 is 1.55 bits per heavy atom. The molecule has 0 aromatic heterocycles. The number of amides is 1. The molecule has 0 heterocycles. The first kappa shape index (κ1) is 16.4. The number of hydrogen-bond acceptors (Lipinski definition) is 3. The number of halogens is 1. The van der Waals surface area contributed by atoms with Crippen molar-refractivity contribution in [2.24, 2.45) is 5.73 Å². The van der Waals surface area contributed by atoms with E-state index in [4.69, 9.17) is 10.5 Å².